The minimum Gasteiger partial charge on any atom is -0.391 e. The second-order valence-corrected chi connectivity index (χ2v) is 4.12. The molecule has 1 aromatic rings. The SMILES string of the molecule is CC(C)(NC(=O)c1cccnc1)C(N)=S. The summed E-state index contributed by atoms with van der Waals surface area (Å²) in [5.41, 5.74) is 5.29. The third-order valence-electron chi connectivity index (χ3n) is 1.97. The summed E-state index contributed by atoms with van der Waals surface area (Å²) in [5.74, 6) is -0.235. The lowest BCUT2D eigenvalue weighted by atomic mass is 10.1. The summed E-state index contributed by atoms with van der Waals surface area (Å²) < 4.78 is 0. The Labute approximate surface area is 93.9 Å². The van der Waals surface area contributed by atoms with E-state index in [0.29, 0.717) is 5.56 Å². The number of hydrogen-bond acceptors (Lipinski definition) is 3. The van der Waals surface area contributed by atoms with E-state index in [-0.39, 0.29) is 10.9 Å². The molecular formula is C10H13N3OS. The molecule has 1 heterocycles. The molecule has 5 heteroatoms. The molecule has 0 aromatic carbocycles. The highest BCUT2D eigenvalue weighted by molar-refractivity contribution is 7.80. The summed E-state index contributed by atoms with van der Waals surface area (Å²) >= 11 is 4.85. The Kier molecular flexibility index (Phi) is 3.36. The standard InChI is InChI=1S/C10H13N3OS/c1-10(2,9(11)15)13-8(14)7-4-3-5-12-6-7/h3-6H,1-2H3,(H2,11,15)(H,13,14). The monoisotopic (exact) mass is 223 g/mol. The molecule has 0 aliphatic heterocycles. The fourth-order valence-electron chi connectivity index (χ4n) is 0.915. The van der Waals surface area contributed by atoms with Gasteiger partial charge in [-0.2, -0.15) is 0 Å². The summed E-state index contributed by atoms with van der Waals surface area (Å²) in [6.07, 6.45) is 3.10. The van der Waals surface area contributed by atoms with Crippen molar-refractivity contribution >= 4 is 23.1 Å². The van der Waals surface area contributed by atoms with Crippen molar-refractivity contribution in [3.63, 3.8) is 0 Å². The van der Waals surface area contributed by atoms with Crippen LogP contribution in [0.4, 0.5) is 0 Å². The molecule has 0 fully saturated rings. The van der Waals surface area contributed by atoms with E-state index in [0.717, 1.165) is 0 Å². The Bertz CT molecular complexity index is 376. The van der Waals surface area contributed by atoms with Crippen LogP contribution >= 0.6 is 12.2 Å². The van der Waals surface area contributed by atoms with E-state index in [1.165, 1.54) is 6.20 Å². The minimum atomic E-state index is -0.692. The normalized spacial score (nSPS) is 10.8. The molecule has 0 radical (unpaired) electrons. The maximum absolute atomic E-state index is 11.7. The van der Waals surface area contributed by atoms with Crippen molar-refractivity contribution in [1.29, 1.82) is 0 Å². The van der Waals surface area contributed by atoms with E-state index in [9.17, 15) is 4.79 Å². The minimum absolute atomic E-state index is 0.235. The molecule has 80 valence electrons. The number of carbonyl (C=O) groups is 1. The van der Waals surface area contributed by atoms with Gasteiger partial charge in [0.2, 0.25) is 0 Å². The summed E-state index contributed by atoms with van der Waals surface area (Å²) in [7, 11) is 0. The smallest absolute Gasteiger partial charge is 0.253 e. The third-order valence-corrected chi connectivity index (χ3v) is 2.48. The Balaban J connectivity index is 2.77. The van der Waals surface area contributed by atoms with E-state index in [4.69, 9.17) is 18.0 Å². The molecule has 0 aliphatic rings. The summed E-state index contributed by atoms with van der Waals surface area (Å²) in [5, 5.41) is 2.73. The number of aromatic nitrogens is 1. The number of carbonyl (C=O) groups excluding carboxylic acids is 1. The predicted molar refractivity (Wildman–Crippen MR) is 62.6 cm³/mol. The maximum atomic E-state index is 11.7. The number of rotatable bonds is 3. The second kappa shape index (κ2) is 4.35. The van der Waals surface area contributed by atoms with Crippen LogP contribution in [0.3, 0.4) is 0 Å². The van der Waals surface area contributed by atoms with Crippen LogP contribution < -0.4 is 11.1 Å². The molecule has 4 nitrogen and oxygen atoms in total. The first kappa shape index (κ1) is 11.6. The first-order chi connectivity index (χ1) is 6.93. The average Bonchev–Trinajstić information content (AvgIpc) is 2.18. The first-order valence-electron chi connectivity index (χ1n) is 4.46. The van der Waals surface area contributed by atoms with E-state index in [1.807, 2.05) is 0 Å². The van der Waals surface area contributed by atoms with Crippen molar-refractivity contribution in [2.24, 2.45) is 5.73 Å². The number of thiocarbonyl (C=S) groups is 1. The molecule has 1 amide bonds. The van der Waals surface area contributed by atoms with Crippen molar-refractivity contribution in [3.05, 3.63) is 30.1 Å². The van der Waals surface area contributed by atoms with Crippen LogP contribution in [0.1, 0.15) is 24.2 Å². The van der Waals surface area contributed by atoms with Crippen LogP contribution in [0.15, 0.2) is 24.5 Å². The zero-order valence-corrected chi connectivity index (χ0v) is 9.47. The molecule has 0 saturated heterocycles. The molecule has 0 spiro atoms. The van der Waals surface area contributed by atoms with Crippen molar-refractivity contribution in [1.82, 2.24) is 10.3 Å². The van der Waals surface area contributed by atoms with Crippen LogP contribution in [0.25, 0.3) is 0 Å². The number of nitrogens with one attached hydrogen (secondary N) is 1. The van der Waals surface area contributed by atoms with Gasteiger partial charge in [-0.1, -0.05) is 12.2 Å². The highest BCUT2D eigenvalue weighted by Gasteiger charge is 2.23. The molecule has 0 atom stereocenters. The number of nitrogens with zero attached hydrogens (tertiary/aromatic N) is 1. The largest absolute Gasteiger partial charge is 0.391 e. The second-order valence-electron chi connectivity index (χ2n) is 3.69. The van der Waals surface area contributed by atoms with Gasteiger partial charge in [0, 0.05) is 12.4 Å². The fraction of sp³-hybridized carbons (Fsp3) is 0.300. The number of pyridine rings is 1. The average molecular weight is 223 g/mol. The Hall–Kier alpha value is -1.49. The predicted octanol–water partition coefficient (Wildman–Crippen LogP) is 0.876. The van der Waals surface area contributed by atoms with Gasteiger partial charge < -0.3 is 11.1 Å². The van der Waals surface area contributed by atoms with Crippen LogP contribution in [-0.2, 0) is 0 Å². The molecular weight excluding hydrogens is 210 g/mol. The molecule has 0 saturated carbocycles. The Morgan fingerprint density at radius 3 is 2.73 bits per heavy atom. The first-order valence-corrected chi connectivity index (χ1v) is 4.87. The zero-order valence-electron chi connectivity index (χ0n) is 8.65. The van der Waals surface area contributed by atoms with Gasteiger partial charge in [0.25, 0.3) is 5.91 Å². The molecule has 0 unspecified atom stereocenters. The third kappa shape index (κ3) is 2.99. The molecule has 15 heavy (non-hydrogen) atoms. The van der Waals surface area contributed by atoms with Gasteiger partial charge in [-0.15, -0.1) is 0 Å². The van der Waals surface area contributed by atoms with Crippen molar-refractivity contribution < 1.29 is 4.79 Å². The van der Waals surface area contributed by atoms with Gasteiger partial charge in [-0.3, -0.25) is 9.78 Å². The highest BCUT2D eigenvalue weighted by Crippen LogP contribution is 2.05. The lowest BCUT2D eigenvalue weighted by Crippen LogP contribution is -2.52. The number of hydrogen-bond donors (Lipinski definition) is 2. The van der Waals surface area contributed by atoms with E-state index < -0.39 is 5.54 Å². The van der Waals surface area contributed by atoms with Gasteiger partial charge in [0.05, 0.1) is 16.1 Å². The maximum Gasteiger partial charge on any atom is 0.253 e. The molecule has 0 bridgehead atoms. The van der Waals surface area contributed by atoms with Gasteiger partial charge in [-0.25, -0.2) is 0 Å². The number of amides is 1. The van der Waals surface area contributed by atoms with E-state index in [1.54, 1.807) is 32.2 Å². The summed E-state index contributed by atoms with van der Waals surface area (Å²) in [4.78, 5) is 15.8. The van der Waals surface area contributed by atoms with E-state index in [2.05, 4.69) is 10.3 Å². The molecule has 1 rings (SSSR count). The van der Waals surface area contributed by atoms with Gasteiger partial charge in [0.15, 0.2) is 0 Å². The fourth-order valence-corrected chi connectivity index (χ4v) is 0.966. The van der Waals surface area contributed by atoms with Crippen molar-refractivity contribution in [2.75, 3.05) is 0 Å². The summed E-state index contributed by atoms with van der Waals surface area (Å²) in [6.45, 7) is 3.51. The Morgan fingerprint density at radius 1 is 1.60 bits per heavy atom. The lowest BCUT2D eigenvalue weighted by Gasteiger charge is -2.24. The van der Waals surface area contributed by atoms with E-state index >= 15 is 0 Å². The van der Waals surface area contributed by atoms with Crippen LogP contribution in [0, 0.1) is 0 Å². The summed E-state index contributed by atoms with van der Waals surface area (Å²) in [6, 6.07) is 3.38. The van der Waals surface area contributed by atoms with Crippen LogP contribution in [0.2, 0.25) is 0 Å². The zero-order chi connectivity index (χ0) is 11.5. The van der Waals surface area contributed by atoms with Gasteiger partial charge >= 0.3 is 0 Å². The topological polar surface area (TPSA) is 68.0 Å². The molecule has 1 aromatic heterocycles. The highest BCUT2D eigenvalue weighted by atomic mass is 32.1. The van der Waals surface area contributed by atoms with Crippen molar-refractivity contribution in [3.8, 4) is 0 Å². The van der Waals surface area contributed by atoms with Crippen molar-refractivity contribution in [2.45, 2.75) is 19.4 Å². The lowest BCUT2D eigenvalue weighted by molar-refractivity contribution is 0.0932. The van der Waals surface area contributed by atoms with Gasteiger partial charge in [-0.05, 0) is 26.0 Å². The molecule has 0 aliphatic carbocycles. The number of nitrogens with two attached hydrogens (primary N) is 1. The molecule has 3 N–H and O–H groups in total. The van der Waals surface area contributed by atoms with Crippen LogP contribution in [-0.4, -0.2) is 21.4 Å². The Morgan fingerprint density at radius 2 is 2.27 bits per heavy atom. The van der Waals surface area contributed by atoms with Crippen LogP contribution in [0.5, 0.6) is 0 Å². The van der Waals surface area contributed by atoms with Gasteiger partial charge in [0.1, 0.15) is 0 Å². The quantitative estimate of drug-likeness (QED) is 0.746.